The molecule has 14 heavy (non-hydrogen) atoms. The van der Waals surface area contributed by atoms with E-state index >= 15 is 0 Å². The molecule has 4 atom stereocenters. The van der Waals surface area contributed by atoms with Gasteiger partial charge in [-0.05, 0) is 44.4 Å². The van der Waals surface area contributed by atoms with Crippen LogP contribution in [0.3, 0.4) is 0 Å². The van der Waals surface area contributed by atoms with Crippen molar-refractivity contribution in [2.45, 2.75) is 50.6 Å². The fraction of sp³-hybridized carbons (Fsp3) is 0.909. The molecule has 3 rings (SSSR count). The van der Waals surface area contributed by atoms with E-state index in [1.165, 1.54) is 25.7 Å². The van der Waals surface area contributed by atoms with E-state index in [1.54, 1.807) is 6.92 Å². The smallest absolute Gasteiger partial charge is 0.148 e. The molecule has 78 valence electrons. The number of hydrazine groups is 1. The van der Waals surface area contributed by atoms with Gasteiger partial charge in [-0.1, -0.05) is 6.42 Å². The quantitative estimate of drug-likeness (QED) is 0.635. The summed E-state index contributed by atoms with van der Waals surface area (Å²) in [5, 5.41) is 1.92. The number of hydrogen-bond acceptors (Lipinski definition) is 3. The maximum Gasteiger partial charge on any atom is 0.148 e. The van der Waals surface area contributed by atoms with Gasteiger partial charge in [0.2, 0.25) is 0 Å². The molecule has 3 heteroatoms. The minimum absolute atomic E-state index is 0.0168. The highest BCUT2D eigenvalue weighted by Crippen LogP contribution is 2.64. The van der Waals surface area contributed by atoms with Gasteiger partial charge < -0.3 is 0 Å². The van der Waals surface area contributed by atoms with Crippen LogP contribution in [0, 0.1) is 11.8 Å². The standard InChI is InChI=1S/C11H18N2O/c1-7(14)10-5-8-3-2-4-9-6-11(8,9)13(10)12/h8-10H,2-6,12H2,1H3/t8-,9?,10-,11?/m0/s1. The number of ketones is 1. The number of rotatable bonds is 1. The van der Waals surface area contributed by atoms with Gasteiger partial charge in [0.05, 0.1) is 6.04 Å². The summed E-state index contributed by atoms with van der Waals surface area (Å²) < 4.78 is 0. The van der Waals surface area contributed by atoms with Gasteiger partial charge in [-0.25, -0.2) is 5.01 Å². The van der Waals surface area contributed by atoms with Crippen molar-refractivity contribution >= 4 is 5.78 Å². The lowest BCUT2D eigenvalue weighted by molar-refractivity contribution is -0.122. The average Bonchev–Trinajstić information content (AvgIpc) is 2.82. The zero-order chi connectivity index (χ0) is 9.92. The Morgan fingerprint density at radius 3 is 2.79 bits per heavy atom. The third-order valence-corrected chi connectivity index (χ3v) is 4.73. The van der Waals surface area contributed by atoms with Crippen LogP contribution < -0.4 is 5.84 Å². The van der Waals surface area contributed by atoms with Crippen molar-refractivity contribution in [3.8, 4) is 0 Å². The summed E-state index contributed by atoms with van der Waals surface area (Å²) in [6.45, 7) is 1.68. The molecule has 0 aromatic heterocycles. The Morgan fingerprint density at radius 2 is 2.14 bits per heavy atom. The summed E-state index contributed by atoms with van der Waals surface area (Å²) in [6, 6.07) is 0.0168. The molecule has 1 aliphatic heterocycles. The summed E-state index contributed by atoms with van der Waals surface area (Å²) >= 11 is 0. The van der Waals surface area contributed by atoms with E-state index in [1.807, 2.05) is 5.01 Å². The largest absolute Gasteiger partial charge is 0.298 e. The molecule has 2 N–H and O–H groups in total. The zero-order valence-electron chi connectivity index (χ0n) is 8.70. The van der Waals surface area contributed by atoms with E-state index in [0.717, 1.165) is 12.3 Å². The SMILES string of the molecule is CC(=O)[C@@H]1C[C@@H]2CCCC3CC32N1N. The molecule has 0 amide bonds. The first-order valence-corrected chi connectivity index (χ1v) is 5.70. The molecule has 2 unspecified atom stereocenters. The molecule has 2 aliphatic carbocycles. The molecule has 1 saturated heterocycles. The first kappa shape index (κ1) is 8.86. The van der Waals surface area contributed by atoms with Gasteiger partial charge in [0.15, 0.2) is 0 Å². The van der Waals surface area contributed by atoms with Crippen LogP contribution >= 0.6 is 0 Å². The van der Waals surface area contributed by atoms with E-state index in [9.17, 15) is 4.79 Å². The van der Waals surface area contributed by atoms with Gasteiger partial charge >= 0.3 is 0 Å². The number of nitrogens with two attached hydrogens (primary N) is 1. The topological polar surface area (TPSA) is 46.3 Å². The Balaban J connectivity index is 1.90. The van der Waals surface area contributed by atoms with Gasteiger partial charge in [-0.15, -0.1) is 0 Å². The van der Waals surface area contributed by atoms with E-state index in [0.29, 0.717) is 5.92 Å². The predicted octanol–water partition coefficient (Wildman–Crippen LogP) is 1.08. The Hall–Kier alpha value is -0.410. The minimum atomic E-state index is 0.0168. The number of nitrogens with zero attached hydrogens (tertiary/aromatic N) is 1. The van der Waals surface area contributed by atoms with Crippen molar-refractivity contribution < 1.29 is 4.79 Å². The van der Waals surface area contributed by atoms with Gasteiger partial charge in [0.1, 0.15) is 5.78 Å². The highest BCUT2D eigenvalue weighted by Gasteiger charge is 2.68. The average molecular weight is 194 g/mol. The third-order valence-electron chi connectivity index (χ3n) is 4.73. The molecule has 3 nitrogen and oxygen atoms in total. The van der Waals surface area contributed by atoms with E-state index < -0.39 is 0 Å². The molecule has 0 aromatic carbocycles. The normalized spacial score (nSPS) is 51.1. The fourth-order valence-corrected chi connectivity index (χ4v) is 3.93. The van der Waals surface area contributed by atoms with E-state index in [-0.39, 0.29) is 17.4 Å². The van der Waals surface area contributed by atoms with Crippen LogP contribution in [0.5, 0.6) is 0 Å². The highest BCUT2D eigenvalue weighted by molar-refractivity contribution is 5.82. The lowest BCUT2D eigenvalue weighted by Crippen LogP contribution is -2.49. The predicted molar refractivity (Wildman–Crippen MR) is 53.3 cm³/mol. The molecule has 0 bridgehead atoms. The summed E-state index contributed by atoms with van der Waals surface area (Å²) in [5.74, 6) is 7.88. The molecule has 3 aliphatic rings. The molecule has 1 heterocycles. The number of Topliss-reactive ketones (excluding diaryl/α,β-unsaturated/α-hetero) is 1. The van der Waals surface area contributed by atoms with Gasteiger partial charge in [0, 0.05) is 5.54 Å². The maximum absolute atomic E-state index is 11.4. The monoisotopic (exact) mass is 194 g/mol. The Labute approximate surface area is 84.6 Å². The molecule has 2 saturated carbocycles. The number of carbonyl (C=O) groups is 1. The first-order valence-electron chi connectivity index (χ1n) is 5.70. The van der Waals surface area contributed by atoms with E-state index in [2.05, 4.69) is 0 Å². The fourth-order valence-electron chi connectivity index (χ4n) is 3.93. The molecule has 3 fully saturated rings. The van der Waals surface area contributed by atoms with Crippen molar-refractivity contribution in [3.05, 3.63) is 0 Å². The van der Waals surface area contributed by atoms with Crippen molar-refractivity contribution in [2.24, 2.45) is 17.7 Å². The molecule has 0 radical (unpaired) electrons. The third kappa shape index (κ3) is 0.873. The van der Waals surface area contributed by atoms with Crippen LogP contribution in [0.15, 0.2) is 0 Å². The second-order valence-corrected chi connectivity index (χ2v) is 5.29. The first-order chi connectivity index (χ1) is 6.66. The van der Waals surface area contributed by atoms with Crippen LogP contribution in [-0.4, -0.2) is 22.4 Å². The zero-order valence-corrected chi connectivity index (χ0v) is 8.70. The van der Waals surface area contributed by atoms with Gasteiger partial charge in [-0.2, -0.15) is 0 Å². The second kappa shape index (κ2) is 2.58. The molecule has 0 aromatic rings. The summed E-state index contributed by atoms with van der Waals surface area (Å²) in [6.07, 6.45) is 6.22. The van der Waals surface area contributed by atoms with Crippen LogP contribution in [0.25, 0.3) is 0 Å². The van der Waals surface area contributed by atoms with Crippen molar-refractivity contribution in [1.82, 2.24) is 5.01 Å². The van der Waals surface area contributed by atoms with Gasteiger partial charge in [0.25, 0.3) is 0 Å². The summed E-state index contributed by atoms with van der Waals surface area (Å²) in [5.41, 5.74) is 0.259. The lowest BCUT2D eigenvalue weighted by Gasteiger charge is -2.30. The molecular formula is C11H18N2O. The van der Waals surface area contributed by atoms with Crippen LogP contribution in [0.4, 0.5) is 0 Å². The Kier molecular flexibility index (Phi) is 1.63. The minimum Gasteiger partial charge on any atom is -0.298 e. The van der Waals surface area contributed by atoms with Crippen LogP contribution in [0.1, 0.15) is 39.0 Å². The number of carbonyl (C=O) groups excluding carboxylic acids is 1. The molecule has 1 spiro atoms. The Morgan fingerprint density at radius 1 is 1.43 bits per heavy atom. The Bertz CT molecular complexity index is 291. The van der Waals surface area contributed by atoms with Crippen molar-refractivity contribution in [1.29, 1.82) is 0 Å². The molecular weight excluding hydrogens is 176 g/mol. The van der Waals surface area contributed by atoms with Crippen molar-refractivity contribution in [2.75, 3.05) is 0 Å². The van der Waals surface area contributed by atoms with Crippen LogP contribution in [0.2, 0.25) is 0 Å². The summed E-state index contributed by atoms with van der Waals surface area (Å²) in [7, 11) is 0. The number of hydrogen-bond donors (Lipinski definition) is 1. The van der Waals surface area contributed by atoms with Gasteiger partial charge in [-0.3, -0.25) is 10.6 Å². The van der Waals surface area contributed by atoms with Crippen molar-refractivity contribution in [3.63, 3.8) is 0 Å². The summed E-state index contributed by atoms with van der Waals surface area (Å²) in [4.78, 5) is 11.4. The van der Waals surface area contributed by atoms with E-state index in [4.69, 9.17) is 5.84 Å². The highest BCUT2D eigenvalue weighted by atomic mass is 16.1. The second-order valence-electron chi connectivity index (χ2n) is 5.29. The van der Waals surface area contributed by atoms with Crippen LogP contribution in [-0.2, 0) is 4.79 Å². The maximum atomic E-state index is 11.4. The lowest BCUT2D eigenvalue weighted by atomic mass is 9.84.